The lowest BCUT2D eigenvalue weighted by Crippen LogP contribution is -2.34. The second-order valence-electron chi connectivity index (χ2n) is 7.39. The van der Waals surface area contributed by atoms with Crippen LogP contribution in [0.4, 0.5) is 5.13 Å². The van der Waals surface area contributed by atoms with Gasteiger partial charge >= 0.3 is 0 Å². The third-order valence-electron chi connectivity index (χ3n) is 4.71. The first kappa shape index (κ1) is 14.3. The van der Waals surface area contributed by atoms with Gasteiger partial charge in [-0.05, 0) is 44.1 Å². The third-order valence-corrected chi connectivity index (χ3v) is 5.98. The van der Waals surface area contributed by atoms with E-state index in [0.717, 1.165) is 12.3 Å². The van der Waals surface area contributed by atoms with Crippen LogP contribution in [-0.2, 0) is 6.42 Å². The number of nitrogens with zero attached hydrogens (tertiary/aromatic N) is 2. The Kier molecular flexibility index (Phi) is 3.80. The van der Waals surface area contributed by atoms with Gasteiger partial charge < -0.3 is 10.2 Å². The third kappa shape index (κ3) is 2.73. The molecule has 20 heavy (non-hydrogen) atoms. The van der Waals surface area contributed by atoms with Crippen molar-refractivity contribution >= 4 is 16.5 Å². The first-order valence-corrected chi connectivity index (χ1v) is 8.72. The zero-order chi connectivity index (χ0) is 14.3. The van der Waals surface area contributed by atoms with Gasteiger partial charge in [0.15, 0.2) is 5.13 Å². The van der Waals surface area contributed by atoms with Gasteiger partial charge in [0.2, 0.25) is 0 Å². The molecule has 2 unspecified atom stereocenters. The second kappa shape index (κ2) is 5.30. The van der Waals surface area contributed by atoms with Crippen LogP contribution < -0.4 is 10.2 Å². The molecule has 2 atom stereocenters. The first-order valence-electron chi connectivity index (χ1n) is 7.90. The first-order chi connectivity index (χ1) is 9.48. The van der Waals surface area contributed by atoms with E-state index in [1.807, 2.05) is 11.3 Å². The zero-order valence-electron chi connectivity index (χ0n) is 13.2. The standard InChI is InChI=1S/C16H27N3S/c1-11-6-5-7-19(10-11)15-18-13-9-16(2,3)8-12(17-4)14(13)20-15/h11-12,17H,5-10H2,1-4H3. The molecule has 3 nitrogen and oxygen atoms in total. The van der Waals surface area contributed by atoms with Crippen LogP contribution in [0.2, 0.25) is 0 Å². The fraction of sp³-hybridized carbons (Fsp3) is 0.812. The Bertz CT molecular complexity index is 480. The van der Waals surface area contributed by atoms with Crippen LogP contribution in [0.15, 0.2) is 0 Å². The molecule has 0 aromatic carbocycles. The van der Waals surface area contributed by atoms with Crippen molar-refractivity contribution in [3.8, 4) is 0 Å². The Labute approximate surface area is 126 Å². The summed E-state index contributed by atoms with van der Waals surface area (Å²) in [4.78, 5) is 9.00. The lowest BCUT2D eigenvalue weighted by Gasteiger charge is -2.34. The van der Waals surface area contributed by atoms with E-state index < -0.39 is 0 Å². The second-order valence-corrected chi connectivity index (χ2v) is 8.40. The fourth-order valence-corrected chi connectivity index (χ4v) is 4.88. The highest BCUT2D eigenvalue weighted by molar-refractivity contribution is 7.15. The van der Waals surface area contributed by atoms with Crippen molar-refractivity contribution in [2.45, 2.75) is 52.5 Å². The van der Waals surface area contributed by atoms with Gasteiger partial charge in [-0.2, -0.15) is 0 Å². The Balaban J connectivity index is 1.87. The number of piperidine rings is 1. The molecular weight excluding hydrogens is 266 g/mol. The molecule has 1 aromatic rings. The smallest absolute Gasteiger partial charge is 0.185 e. The Morgan fingerprint density at radius 2 is 2.20 bits per heavy atom. The number of anilines is 1. The maximum atomic E-state index is 5.01. The SMILES string of the molecule is CNC1CC(C)(C)Cc2nc(N3CCCC(C)C3)sc21. The number of fused-ring (bicyclic) bond motifs is 1. The van der Waals surface area contributed by atoms with Crippen molar-refractivity contribution < 1.29 is 0 Å². The Morgan fingerprint density at radius 3 is 2.90 bits per heavy atom. The van der Waals surface area contributed by atoms with E-state index in [1.165, 1.54) is 48.1 Å². The van der Waals surface area contributed by atoms with Gasteiger partial charge in [-0.1, -0.05) is 32.1 Å². The van der Waals surface area contributed by atoms with Crippen LogP contribution >= 0.6 is 11.3 Å². The van der Waals surface area contributed by atoms with Gasteiger partial charge in [-0.15, -0.1) is 0 Å². The lowest BCUT2D eigenvalue weighted by atomic mass is 9.76. The summed E-state index contributed by atoms with van der Waals surface area (Å²) < 4.78 is 0. The van der Waals surface area contributed by atoms with Crippen molar-refractivity contribution in [3.05, 3.63) is 10.6 Å². The molecule has 3 rings (SSSR count). The molecule has 0 spiro atoms. The zero-order valence-corrected chi connectivity index (χ0v) is 14.0. The predicted octanol–water partition coefficient (Wildman–Crippen LogP) is 3.61. The average molecular weight is 293 g/mol. The minimum atomic E-state index is 0.362. The van der Waals surface area contributed by atoms with Gasteiger partial charge in [0.1, 0.15) is 0 Å². The van der Waals surface area contributed by atoms with E-state index in [-0.39, 0.29) is 0 Å². The van der Waals surface area contributed by atoms with Crippen LogP contribution in [0.25, 0.3) is 0 Å². The Morgan fingerprint density at radius 1 is 1.40 bits per heavy atom. The minimum Gasteiger partial charge on any atom is -0.348 e. The van der Waals surface area contributed by atoms with Gasteiger partial charge in [0.25, 0.3) is 0 Å². The molecule has 0 amide bonds. The van der Waals surface area contributed by atoms with Crippen molar-refractivity contribution in [1.82, 2.24) is 10.3 Å². The summed E-state index contributed by atoms with van der Waals surface area (Å²) in [6.45, 7) is 9.45. The molecule has 1 fully saturated rings. The largest absolute Gasteiger partial charge is 0.348 e. The number of aromatic nitrogens is 1. The molecule has 1 aromatic heterocycles. The Hall–Kier alpha value is -0.610. The van der Waals surface area contributed by atoms with Crippen LogP contribution in [0.5, 0.6) is 0 Å². The molecule has 0 radical (unpaired) electrons. The van der Waals surface area contributed by atoms with E-state index in [1.54, 1.807) is 0 Å². The van der Waals surface area contributed by atoms with Gasteiger partial charge in [-0.25, -0.2) is 4.98 Å². The fourth-order valence-electron chi connectivity index (χ4n) is 3.65. The van der Waals surface area contributed by atoms with E-state index in [4.69, 9.17) is 4.98 Å². The highest BCUT2D eigenvalue weighted by Gasteiger charge is 2.35. The summed E-state index contributed by atoms with van der Waals surface area (Å²) in [7, 11) is 2.08. The van der Waals surface area contributed by atoms with Crippen molar-refractivity contribution in [2.75, 3.05) is 25.0 Å². The molecular formula is C16H27N3S. The number of hydrogen-bond donors (Lipinski definition) is 1. The predicted molar refractivity (Wildman–Crippen MR) is 86.6 cm³/mol. The molecule has 0 saturated carbocycles. The highest BCUT2D eigenvalue weighted by Crippen LogP contribution is 2.44. The summed E-state index contributed by atoms with van der Waals surface area (Å²) in [5, 5.41) is 4.76. The lowest BCUT2D eigenvalue weighted by molar-refractivity contribution is 0.265. The molecule has 0 bridgehead atoms. The quantitative estimate of drug-likeness (QED) is 0.903. The normalized spacial score (nSPS) is 29.3. The van der Waals surface area contributed by atoms with E-state index in [2.05, 4.69) is 38.0 Å². The average Bonchev–Trinajstić information content (AvgIpc) is 2.80. The summed E-state index contributed by atoms with van der Waals surface area (Å²) >= 11 is 1.93. The summed E-state index contributed by atoms with van der Waals surface area (Å²) in [5.41, 5.74) is 1.71. The molecule has 2 aliphatic rings. The van der Waals surface area contributed by atoms with Gasteiger partial charge in [0, 0.05) is 24.0 Å². The number of rotatable bonds is 2. The number of hydrogen-bond acceptors (Lipinski definition) is 4. The molecule has 1 aliphatic heterocycles. The molecule has 1 saturated heterocycles. The van der Waals surface area contributed by atoms with Crippen LogP contribution in [0, 0.1) is 11.3 Å². The van der Waals surface area contributed by atoms with Gasteiger partial charge in [0.05, 0.1) is 5.69 Å². The van der Waals surface area contributed by atoms with Crippen molar-refractivity contribution in [3.63, 3.8) is 0 Å². The van der Waals surface area contributed by atoms with Crippen LogP contribution in [0.1, 0.15) is 56.6 Å². The molecule has 2 heterocycles. The minimum absolute atomic E-state index is 0.362. The molecule has 1 aliphatic carbocycles. The van der Waals surface area contributed by atoms with E-state index in [9.17, 15) is 0 Å². The summed E-state index contributed by atoms with van der Waals surface area (Å²) in [5.74, 6) is 0.807. The molecule has 112 valence electrons. The molecule has 4 heteroatoms. The van der Waals surface area contributed by atoms with E-state index in [0.29, 0.717) is 11.5 Å². The maximum Gasteiger partial charge on any atom is 0.185 e. The van der Waals surface area contributed by atoms with Crippen LogP contribution in [0.3, 0.4) is 0 Å². The number of nitrogens with one attached hydrogen (secondary N) is 1. The van der Waals surface area contributed by atoms with Crippen molar-refractivity contribution in [2.24, 2.45) is 11.3 Å². The summed E-state index contributed by atoms with van der Waals surface area (Å²) in [6, 6.07) is 0.488. The maximum absolute atomic E-state index is 5.01. The van der Waals surface area contributed by atoms with Crippen molar-refractivity contribution in [1.29, 1.82) is 0 Å². The highest BCUT2D eigenvalue weighted by atomic mass is 32.1. The monoisotopic (exact) mass is 293 g/mol. The summed E-state index contributed by atoms with van der Waals surface area (Å²) in [6.07, 6.45) is 5.02. The molecule has 1 N–H and O–H groups in total. The van der Waals surface area contributed by atoms with E-state index >= 15 is 0 Å². The van der Waals surface area contributed by atoms with Gasteiger partial charge in [-0.3, -0.25) is 0 Å². The number of thiazole rings is 1. The van der Waals surface area contributed by atoms with Crippen LogP contribution in [-0.4, -0.2) is 25.1 Å². The topological polar surface area (TPSA) is 28.2 Å².